The Morgan fingerprint density at radius 3 is 1.75 bits per heavy atom. The van der Waals surface area contributed by atoms with Gasteiger partial charge in [-0.1, -0.05) is 176 Å². The third kappa shape index (κ3) is 9.24. The van der Waals surface area contributed by atoms with Crippen molar-refractivity contribution < 1.29 is 30.4 Å². The van der Waals surface area contributed by atoms with Gasteiger partial charge in [0.05, 0.1) is 16.7 Å². The molecule has 9 rings (SSSR count). The van der Waals surface area contributed by atoms with Gasteiger partial charge in [-0.2, -0.15) is 18.2 Å². The number of pyridine rings is 1. The largest absolute Gasteiger partial charge is 0.510 e. The molecule has 0 aliphatic carbocycles. The first-order valence-corrected chi connectivity index (χ1v) is 23.8. The Kier molecular flexibility index (Phi) is 12.4. The molecule has 0 spiro atoms. The van der Waals surface area contributed by atoms with Crippen LogP contribution in [-0.4, -0.2) is 14.1 Å². The molecule has 6 heteroatoms. The number of hydrogen-bond acceptors (Lipinski definition) is 2. The quantitative estimate of drug-likeness (QED) is 0.123. The second-order valence-electron chi connectivity index (χ2n) is 23.6. The summed E-state index contributed by atoms with van der Waals surface area (Å²) in [6, 6.07) is 51.1. The standard InChI is InChI=1S/C62H66N4O.Pt/c1-58(2,3)42-30-31-63-56(36-42)66-52-25-17-16-22-48(52)49-28-27-47(38-54(49)66)67-46-21-18-20-45(37-46)64-39-65(57-50(61(10,11)12)23-19-24-51(57)62(13,14)15)53-29-26-40(34-55(53)64)41-32-43(59(4,5)6)35-44(33-41)60(7,8)9;/h16-36H,1-15H3;/q-2;. The number of hydrogen-bond donors (Lipinski definition) is 0. The van der Waals surface area contributed by atoms with Crippen LogP contribution in [0.1, 0.15) is 132 Å². The van der Waals surface area contributed by atoms with Crippen molar-refractivity contribution in [3.63, 3.8) is 0 Å². The van der Waals surface area contributed by atoms with Crippen LogP contribution in [0.5, 0.6) is 11.5 Å². The predicted octanol–water partition coefficient (Wildman–Crippen LogP) is 15.7. The Bertz CT molecular complexity index is 3290. The molecule has 5 nitrogen and oxygen atoms in total. The van der Waals surface area contributed by atoms with Crippen LogP contribution in [0.2, 0.25) is 0 Å². The molecule has 0 bridgehead atoms. The van der Waals surface area contributed by atoms with Gasteiger partial charge >= 0.3 is 0 Å². The predicted molar refractivity (Wildman–Crippen MR) is 279 cm³/mol. The molecule has 0 aliphatic rings. The van der Waals surface area contributed by atoms with Gasteiger partial charge < -0.3 is 13.9 Å². The number of rotatable bonds is 6. The number of nitrogens with zero attached hydrogens (tertiary/aromatic N) is 4. The first kappa shape index (κ1) is 48.7. The van der Waals surface area contributed by atoms with Gasteiger partial charge in [-0.25, -0.2) is 4.98 Å². The SMILES string of the molecule is CC(C)(C)c1cc(-c2ccc3c(c2)n(-c2[c-]c(Oc4[c-]c5c(cc4)c4ccccc4n5-c4cc(C(C)(C)C)ccn4)ccc2)[c-][n+]3-c2c(C(C)(C)C)cccc2C(C)(C)C)cc(C(C)(C)C)c1.[Pt]. The van der Waals surface area contributed by atoms with Crippen LogP contribution in [0.15, 0.2) is 128 Å². The van der Waals surface area contributed by atoms with E-state index in [1.165, 1.54) is 33.4 Å². The molecular weight excluding hydrogens is 1010 g/mol. The summed E-state index contributed by atoms with van der Waals surface area (Å²) in [5, 5.41) is 2.23. The van der Waals surface area contributed by atoms with Gasteiger partial charge in [-0.15, -0.1) is 29.7 Å². The Hall–Kier alpha value is -5.77. The first-order valence-electron chi connectivity index (χ1n) is 23.8. The zero-order valence-corrected chi connectivity index (χ0v) is 44.9. The molecule has 3 aromatic heterocycles. The maximum Gasteiger partial charge on any atom is 0.268 e. The van der Waals surface area contributed by atoms with E-state index in [0.717, 1.165) is 55.6 Å². The third-order valence-electron chi connectivity index (χ3n) is 13.1. The van der Waals surface area contributed by atoms with Crippen LogP contribution in [0.25, 0.3) is 61.2 Å². The van der Waals surface area contributed by atoms with Crippen LogP contribution >= 0.6 is 0 Å². The van der Waals surface area contributed by atoms with E-state index in [0.29, 0.717) is 11.5 Å². The van der Waals surface area contributed by atoms with E-state index in [2.05, 4.69) is 239 Å². The van der Waals surface area contributed by atoms with Crippen molar-refractivity contribution >= 4 is 32.8 Å². The van der Waals surface area contributed by atoms with Crippen molar-refractivity contribution in [3.05, 3.63) is 174 Å². The monoisotopic (exact) mass is 1080 g/mol. The van der Waals surface area contributed by atoms with Crippen LogP contribution in [0.4, 0.5) is 0 Å². The van der Waals surface area contributed by atoms with E-state index >= 15 is 0 Å². The Morgan fingerprint density at radius 2 is 1.12 bits per heavy atom. The molecule has 0 saturated carbocycles. The fourth-order valence-electron chi connectivity index (χ4n) is 9.21. The summed E-state index contributed by atoms with van der Waals surface area (Å²) in [5.41, 5.74) is 14.5. The minimum absolute atomic E-state index is 0. The zero-order valence-electron chi connectivity index (χ0n) is 42.6. The van der Waals surface area contributed by atoms with Crippen molar-refractivity contribution in [1.82, 2.24) is 14.1 Å². The number of para-hydroxylation sites is 2. The van der Waals surface area contributed by atoms with Gasteiger partial charge in [0.1, 0.15) is 5.82 Å². The van der Waals surface area contributed by atoms with Gasteiger partial charge in [0.25, 0.3) is 6.33 Å². The smallest absolute Gasteiger partial charge is 0.268 e. The fraction of sp³-hybridized carbons (Fsp3) is 0.323. The van der Waals surface area contributed by atoms with Gasteiger partial charge in [0.15, 0.2) is 0 Å². The van der Waals surface area contributed by atoms with Crippen molar-refractivity contribution in [1.29, 1.82) is 0 Å². The summed E-state index contributed by atoms with van der Waals surface area (Å²) in [7, 11) is 0. The number of fused-ring (bicyclic) bond motifs is 4. The summed E-state index contributed by atoms with van der Waals surface area (Å²) < 4.78 is 13.4. The van der Waals surface area contributed by atoms with E-state index in [1.807, 2.05) is 24.4 Å². The molecule has 0 aliphatic heterocycles. The van der Waals surface area contributed by atoms with Crippen LogP contribution < -0.4 is 9.30 Å². The maximum atomic E-state index is 6.75. The fourth-order valence-corrected chi connectivity index (χ4v) is 9.21. The molecule has 6 aromatic carbocycles. The molecule has 68 heavy (non-hydrogen) atoms. The molecule has 3 heterocycles. The molecule has 0 radical (unpaired) electrons. The second-order valence-corrected chi connectivity index (χ2v) is 23.6. The molecule has 0 amide bonds. The first-order chi connectivity index (χ1) is 31.4. The van der Waals surface area contributed by atoms with Crippen molar-refractivity contribution in [2.45, 2.75) is 131 Å². The Labute approximate surface area is 419 Å². The van der Waals surface area contributed by atoms with E-state index in [9.17, 15) is 0 Å². The zero-order chi connectivity index (χ0) is 48.0. The van der Waals surface area contributed by atoms with E-state index in [-0.39, 0.29) is 48.1 Å². The van der Waals surface area contributed by atoms with Crippen molar-refractivity contribution in [2.75, 3.05) is 0 Å². The molecule has 0 unspecified atom stereocenters. The minimum atomic E-state index is -0.128. The van der Waals surface area contributed by atoms with Crippen LogP contribution in [-0.2, 0) is 48.1 Å². The summed E-state index contributed by atoms with van der Waals surface area (Å²) >= 11 is 0. The molecular formula is C62H66N4OPt-2. The summed E-state index contributed by atoms with van der Waals surface area (Å²) in [6.45, 7) is 34.3. The van der Waals surface area contributed by atoms with Gasteiger partial charge in [-0.05, 0) is 101 Å². The van der Waals surface area contributed by atoms with Crippen LogP contribution in [0.3, 0.4) is 0 Å². The normalized spacial score (nSPS) is 12.8. The molecule has 352 valence electrons. The molecule has 0 saturated heterocycles. The van der Waals surface area contributed by atoms with Gasteiger partial charge in [-0.3, -0.25) is 4.57 Å². The van der Waals surface area contributed by atoms with E-state index in [1.54, 1.807) is 0 Å². The average molecular weight is 1080 g/mol. The minimum Gasteiger partial charge on any atom is -0.510 e. The Balaban J connectivity index is 0.00000625. The van der Waals surface area contributed by atoms with E-state index in [4.69, 9.17) is 9.72 Å². The second kappa shape index (κ2) is 17.3. The summed E-state index contributed by atoms with van der Waals surface area (Å²) in [4.78, 5) is 4.88. The molecule has 0 atom stereocenters. The topological polar surface area (TPSA) is 35.9 Å². The number of benzene rings is 6. The average Bonchev–Trinajstić information content (AvgIpc) is 3.80. The number of imidazole rings is 1. The van der Waals surface area contributed by atoms with E-state index < -0.39 is 0 Å². The number of ether oxygens (including phenoxy) is 1. The van der Waals surface area contributed by atoms with Gasteiger partial charge in [0, 0.05) is 44.3 Å². The summed E-state index contributed by atoms with van der Waals surface area (Å²) in [5.74, 6) is 2.03. The molecule has 0 N–H and O–H groups in total. The van der Waals surface area contributed by atoms with Crippen molar-refractivity contribution in [3.8, 4) is 39.8 Å². The van der Waals surface area contributed by atoms with Gasteiger partial charge in [0.2, 0.25) is 0 Å². The maximum absolute atomic E-state index is 6.75. The summed E-state index contributed by atoms with van der Waals surface area (Å²) in [6.07, 6.45) is 5.80. The third-order valence-corrected chi connectivity index (χ3v) is 13.1. The molecule has 9 aromatic rings. The van der Waals surface area contributed by atoms with Crippen molar-refractivity contribution in [2.24, 2.45) is 0 Å². The van der Waals surface area contributed by atoms with Crippen LogP contribution in [0, 0.1) is 18.5 Å². The Morgan fingerprint density at radius 1 is 0.500 bits per heavy atom. The number of aromatic nitrogens is 4. The molecule has 0 fully saturated rings.